The van der Waals surface area contributed by atoms with Gasteiger partial charge in [-0.3, -0.25) is 9.36 Å². The fourth-order valence-electron chi connectivity index (χ4n) is 0.854. The highest BCUT2D eigenvalue weighted by molar-refractivity contribution is 5.86. The molecule has 96 valence electrons. The Bertz CT molecular complexity index is 408. The Kier molecular flexibility index (Phi) is 2.93. The van der Waals surface area contributed by atoms with Crippen LogP contribution in [0.15, 0.2) is 18.7 Å². The summed E-state index contributed by atoms with van der Waals surface area (Å²) in [5.74, 6) is -15.1. The lowest BCUT2D eigenvalue weighted by Crippen LogP contribution is -2.57. The molecule has 0 atom stereocenters. The first-order valence-corrected chi connectivity index (χ1v) is 3.87. The van der Waals surface area contributed by atoms with E-state index in [1.54, 1.807) is 0 Å². The molecule has 0 spiro atoms. The van der Waals surface area contributed by atoms with Gasteiger partial charge in [0.05, 0.1) is 0 Å². The Labute approximate surface area is 88.9 Å². The molecule has 0 aliphatic heterocycles. The predicted octanol–water partition coefficient (Wildman–Crippen LogP) is 2.36. The summed E-state index contributed by atoms with van der Waals surface area (Å²) < 4.78 is 85.4. The zero-order valence-electron chi connectivity index (χ0n) is 7.68. The number of carbonyl (C=O) groups excluding carboxylic acids is 1. The Balaban J connectivity index is 3.16. The number of hydrogen-bond acceptors (Lipinski definition) is 2. The Hall–Kier alpha value is -1.61. The lowest BCUT2D eigenvalue weighted by atomic mass is 10.1. The molecule has 0 saturated heterocycles. The standard InChI is InChI=1S/C7H3F7N2O/c8-5(9,6(10,11)7(12,13)14)4(17)16-2-1-15-3-16/h1-3H. The molecule has 1 heterocycles. The van der Waals surface area contributed by atoms with E-state index in [-0.39, 0.29) is 4.57 Å². The van der Waals surface area contributed by atoms with E-state index in [1.807, 2.05) is 0 Å². The number of carbonyl (C=O) groups is 1. The van der Waals surface area contributed by atoms with Gasteiger partial charge >= 0.3 is 23.9 Å². The second kappa shape index (κ2) is 3.70. The van der Waals surface area contributed by atoms with Crippen molar-refractivity contribution in [3.63, 3.8) is 0 Å². The number of alkyl halides is 7. The van der Waals surface area contributed by atoms with Crippen LogP contribution in [0.2, 0.25) is 0 Å². The van der Waals surface area contributed by atoms with E-state index in [0.717, 1.165) is 6.20 Å². The Morgan fingerprint density at radius 3 is 1.94 bits per heavy atom. The molecule has 1 rings (SSSR count). The van der Waals surface area contributed by atoms with Crippen molar-refractivity contribution in [2.75, 3.05) is 0 Å². The van der Waals surface area contributed by atoms with Gasteiger partial charge < -0.3 is 0 Å². The number of halogens is 7. The summed E-state index contributed by atoms with van der Waals surface area (Å²) in [6.07, 6.45) is -4.84. The van der Waals surface area contributed by atoms with Gasteiger partial charge in [-0.1, -0.05) is 0 Å². The fraction of sp³-hybridized carbons (Fsp3) is 0.429. The third kappa shape index (κ3) is 1.98. The molecule has 0 aromatic carbocycles. The van der Waals surface area contributed by atoms with Crippen LogP contribution in [0, 0.1) is 0 Å². The van der Waals surface area contributed by atoms with Crippen LogP contribution in [-0.4, -0.2) is 33.5 Å². The van der Waals surface area contributed by atoms with Crippen molar-refractivity contribution in [3.05, 3.63) is 18.7 Å². The predicted molar refractivity (Wildman–Crippen MR) is 38.8 cm³/mol. The highest BCUT2D eigenvalue weighted by atomic mass is 19.4. The van der Waals surface area contributed by atoms with Gasteiger partial charge in [0.15, 0.2) is 0 Å². The number of rotatable bonds is 2. The van der Waals surface area contributed by atoms with Gasteiger partial charge in [0.2, 0.25) is 0 Å². The van der Waals surface area contributed by atoms with Gasteiger partial charge in [0.1, 0.15) is 6.33 Å². The first-order valence-electron chi connectivity index (χ1n) is 3.87. The Morgan fingerprint density at radius 1 is 1.06 bits per heavy atom. The zero-order valence-corrected chi connectivity index (χ0v) is 7.68. The van der Waals surface area contributed by atoms with E-state index in [9.17, 15) is 35.5 Å². The zero-order chi connectivity index (χ0) is 13.5. The highest BCUT2D eigenvalue weighted by Crippen LogP contribution is 2.47. The van der Waals surface area contributed by atoms with Crippen molar-refractivity contribution in [1.82, 2.24) is 9.55 Å². The van der Waals surface area contributed by atoms with Crippen molar-refractivity contribution in [1.29, 1.82) is 0 Å². The highest BCUT2D eigenvalue weighted by Gasteiger charge is 2.76. The van der Waals surface area contributed by atoms with Gasteiger partial charge in [0.25, 0.3) is 0 Å². The maximum absolute atomic E-state index is 12.8. The summed E-state index contributed by atoms with van der Waals surface area (Å²) in [7, 11) is 0. The topological polar surface area (TPSA) is 34.9 Å². The van der Waals surface area contributed by atoms with Gasteiger partial charge in [-0.2, -0.15) is 30.7 Å². The molecule has 0 radical (unpaired) electrons. The lowest BCUT2D eigenvalue weighted by molar-refractivity contribution is -0.340. The molecule has 0 aliphatic carbocycles. The number of aromatic nitrogens is 2. The largest absolute Gasteiger partial charge is 0.460 e. The number of nitrogens with zero attached hydrogens (tertiary/aromatic N) is 2. The van der Waals surface area contributed by atoms with Crippen LogP contribution in [0.1, 0.15) is 4.79 Å². The molecular formula is C7H3F7N2O. The first-order chi connectivity index (χ1) is 7.52. The van der Waals surface area contributed by atoms with Crippen molar-refractivity contribution in [3.8, 4) is 0 Å². The molecule has 0 fully saturated rings. The molecule has 0 unspecified atom stereocenters. The molecule has 0 amide bonds. The third-order valence-corrected chi connectivity index (χ3v) is 1.76. The minimum absolute atomic E-state index is 0.153. The first kappa shape index (κ1) is 13.5. The van der Waals surface area contributed by atoms with E-state index < -0.39 is 23.9 Å². The molecule has 10 heteroatoms. The van der Waals surface area contributed by atoms with Crippen molar-refractivity contribution < 1.29 is 35.5 Å². The van der Waals surface area contributed by atoms with Gasteiger partial charge in [-0.05, 0) is 0 Å². The van der Waals surface area contributed by atoms with Crippen LogP contribution in [0.3, 0.4) is 0 Å². The van der Waals surface area contributed by atoms with Crippen LogP contribution in [0.5, 0.6) is 0 Å². The minimum atomic E-state index is -6.53. The number of hydrogen-bond donors (Lipinski definition) is 0. The molecule has 17 heavy (non-hydrogen) atoms. The molecule has 0 saturated carbocycles. The van der Waals surface area contributed by atoms with Crippen LogP contribution in [-0.2, 0) is 0 Å². The van der Waals surface area contributed by atoms with Crippen molar-refractivity contribution >= 4 is 5.91 Å². The Morgan fingerprint density at radius 2 is 1.59 bits per heavy atom. The van der Waals surface area contributed by atoms with Crippen LogP contribution in [0.25, 0.3) is 0 Å². The summed E-state index contributed by atoms with van der Waals surface area (Å²) in [6.45, 7) is 0. The normalized spacial score (nSPS) is 13.8. The number of imidazole rings is 1. The van der Waals surface area contributed by atoms with Crippen molar-refractivity contribution in [2.45, 2.75) is 18.0 Å². The maximum Gasteiger partial charge on any atom is 0.460 e. The second-order valence-electron chi connectivity index (χ2n) is 2.92. The maximum atomic E-state index is 12.8. The summed E-state index contributed by atoms with van der Waals surface area (Å²) >= 11 is 0. The van der Waals surface area contributed by atoms with E-state index in [0.29, 0.717) is 12.5 Å². The summed E-state index contributed by atoms with van der Waals surface area (Å²) in [5, 5.41) is 0. The van der Waals surface area contributed by atoms with Crippen LogP contribution in [0.4, 0.5) is 30.7 Å². The molecule has 0 N–H and O–H groups in total. The summed E-state index contributed by atoms with van der Waals surface area (Å²) in [4.78, 5) is 13.9. The quantitative estimate of drug-likeness (QED) is 0.768. The van der Waals surface area contributed by atoms with E-state index in [1.165, 1.54) is 0 Å². The van der Waals surface area contributed by atoms with Crippen LogP contribution < -0.4 is 0 Å². The van der Waals surface area contributed by atoms with Gasteiger partial charge in [0, 0.05) is 12.4 Å². The molecule has 1 aromatic rings. The lowest BCUT2D eigenvalue weighted by Gasteiger charge is -2.26. The fourth-order valence-corrected chi connectivity index (χ4v) is 0.854. The van der Waals surface area contributed by atoms with Gasteiger partial charge in [-0.25, -0.2) is 4.98 Å². The van der Waals surface area contributed by atoms with Crippen LogP contribution >= 0.6 is 0 Å². The monoisotopic (exact) mass is 264 g/mol. The SMILES string of the molecule is O=C(n1ccnc1)C(F)(F)C(F)(F)C(F)(F)F. The van der Waals surface area contributed by atoms with Gasteiger partial charge in [-0.15, -0.1) is 0 Å². The summed E-state index contributed by atoms with van der Waals surface area (Å²) in [5.41, 5.74) is 0. The molecule has 1 aromatic heterocycles. The van der Waals surface area contributed by atoms with E-state index >= 15 is 0 Å². The van der Waals surface area contributed by atoms with E-state index in [2.05, 4.69) is 4.98 Å². The summed E-state index contributed by atoms with van der Waals surface area (Å²) in [6, 6.07) is 0. The second-order valence-corrected chi connectivity index (χ2v) is 2.92. The molecule has 3 nitrogen and oxygen atoms in total. The molecule has 0 aliphatic rings. The molecule has 0 bridgehead atoms. The average molecular weight is 264 g/mol. The molecular weight excluding hydrogens is 261 g/mol. The third-order valence-electron chi connectivity index (χ3n) is 1.76. The van der Waals surface area contributed by atoms with E-state index in [4.69, 9.17) is 0 Å². The smallest absolute Gasteiger partial charge is 0.271 e. The van der Waals surface area contributed by atoms with Crippen molar-refractivity contribution in [2.24, 2.45) is 0 Å². The minimum Gasteiger partial charge on any atom is -0.271 e. The average Bonchev–Trinajstić information content (AvgIpc) is 2.66.